The number of benzene rings is 1. The monoisotopic (exact) mass is 440 g/mol. The fourth-order valence-electron chi connectivity index (χ4n) is 3.86. The van der Waals surface area contributed by atoms with E-state index in [9.17, 15) is 18.3 Å². The first-order valence-corrected chi connectivity index (χ1v) is 10.5. The number of aromatic hydroxyl groups is 1. The molecule has 148 valence electrons. The molecule has 3 aromatic rings. The molecule has 1 aliphatic heterocycles. The zero-order valence-corrected chi connectivity index (χ0v) is 16.8. The van der Waals surface area contributed by atoms with Gasteiger partial charge in [0.05, 0.1) is 22.5 Å². The van der Waals surface area contributed by atoms with Gasteiger partial charge < -0.3 is 5.11 Å². The predicted molar refractivity (Wildman–Crippen MR) is 109 cm³/mol. The molecule has 29 heavy (non-hydrogen) atoms. The van der Waals surface area contributed by atoms with Gasteiger partial charge in [-0.3, -0.25) is 9.48 Å². The van der Waals surface area contributed by atoms with Crippen LogP contribution in [0.3, 0.4) is 0 Å². The summed E-state index contributed by atoms with van der Waals surface area (Å²) in [6.07, 6.45) is 3.02. The number of sulfone groups is 1. The van der Waals surface area contributed by atoms with Gasteiger partial charge in [-0.1, -0.05) is 0 Å². The van der Waals surface area contributed by atoms with Gasteiger partial charge >= 0.3 is 51.4 Å². The minimum absolute atomic E-state index is 0. The fourth-order valence-corrected chi connectivity index (χ4v) is 5.74. The average Bonchev–Trinajstić information content (AvgIpc) is 3.17. The standard InChI is InChI=1S/C19H20N4O4S.K.H/c1-5-23-19(25)14(7-20-23)17(24)13-6-10(2)18-15(11(13)3)16-12(8-22(4)21-16)9-28(18,26)27;;/h6-8,25H,5,9H2,1-4H3;;. The molecule has 0 fully saturated rings. The molecular formula is C19H21KN4O4S. The number of fused-ring (bicyclic) bond motifs is 3. The van der Waals surface area contributed by atoms with Gasteiger partial charge in [0.2, 0.25) is 5.88 Å². The number of hydrogen-bond acceptors (Lipinski definition) is 6. The van der Waals surface area contributed by atoms with Crippen molar-refractivity contribution in [1.82, 2.24) is 19.6 Å². The molecule has 0 aliphatic carbocycles. The van der Waals surface area contributed by atoms with Crippen molar-refractivity contribution in [3.05, 3.63) is 46.3 Å². The quantitative estimate of drug-likeness (QED) is 0.489. The van der Waals surface area contributed by atoms with E-state index in [1.54, 1.807) is 37.8 Å². The van der Waals surface area contributed by atoms with Crippen LogP contribution in [-0.2, 0) is 29.2 Å². The van der Waals surface area contributed by atoms with Crippen molar-refractivity contribution in [3.8, 4) is 17.1 Å². The van der Waals surface area contributed by atoms with Crippen molar-refractivity contribution in [1.29, 1.82) is 0 Å². The van der Waals surface area contributed by atoms with Crippen LogP contribution in [0.2, 0.25) is 0 Å². The summed E-state index contributed by atoms with van der Waals surface area (Å²) in [6.45, 7) is 5.63. The first-order chi connectivity index (χ1) is 13.2. The third-order valence-electron chi connectivity index (χ3n) is 5.12. The molecule has 0 unspecified atom stereocenters. The Morgan fingerprint density at radius 3 is 2.59 bits per heavy atom. The van der Waals surface area contributed by atoms with Gasteiger partial charge in [-0.2, -0.15) is 10.2 Å². The Hall–Kier alpha value is -1.30. The molecule has 0 spiro atoms. The molecule has 0 radical (unpaired) electrons. The van der Waals surface area contributed by atoms with Gasteiger partial charge in [-0.05, 0) is 38.0 Å². The van der Waals surface area contributed by atoms with Crippen LogP contribution in [0, 0.1) is 13.8 Å². The Morgan fingerprint density at radius 2 is 1.97 bits per heavy atom. The second-order valence-electron chi connectivity index (χ2n) is 7.03. The predicted octanol–water partition coefficient (Wildman–Crippen LogP) is 1.50. The molecular weight excluding hydrogens is 419 g/mol. The molecule has 3 heterocycles. The molecule has 2 aromatic heterocycles. The molecule has 4 rings (SSSR count). The first-order valence-electron chi connectivity index (χ1n) is 8.85. The zero-order valence-electron chi connectivity index (χ0n) is 16.0. The summed E-state index contributed by atoms with van der Waals surface area (Å²) in [7, 11) is -1.81. The molecule has 1 aliphatic rings. The fraction of sp³-hybridized carbons (Fsp3) is 0.316. The third kappa shape index (κ3) is 3.45. The number of nitrogens with zero attached hydrogens (tertiary/aromatic N) is 4. The number of ketones is 1. The number of carbonyl (C=O) groups is 1. The van der Waals surface area contributed by atoms with Crippen molar-refractivity contribution in [2.75, 3.05) is 0 Å². The van der Waals surface area contributed by atoms with Crippen molar-refractivity contribution in [3.63, 3.8) is 0 Å². The first kappa shape index (κ1) is 22.4. The van der Waals surface area contributed by atoms with Gasteiger partial charge in [-0.25, -0.2) is 13.1 Å². The molecule has 0 saturated heterocycles. The van der Waals surface area contributed by atoms with Gasteiger partial charge in [0.25, 0.3) is 0 Å². The van der Waals surface area contributed by atoms with Crippen molar-refractivity contribution >= 4 is 67.0 Å². The van der Waals surface area contributed by atoms with E-state index < -0.39 is 15.6 Å². The van der Waals surface area contributed by atoms with Crippen LogP contribution in [0.15, 0.2) is 23.4 Å². The van der Waals surface area contributed by atoms with E-state index in [0.717, 1.165) is 0 Å². The van der Waals surface area contributed by atoms with Crippen LogP contribution in [0.25, 0.3) is 11.3 Å². The Kier molecular flexibility index (Phi) is 5.98. The van der Waals surface area contributed by atoms with E-state index in [0.29, 0.717) is 40.1 Å². The Bertz CT molecular complexity index is 1260. The maximum absolute atomic E-state index is 13.1. The van der Waals surface area contributed by atoms with E-state index in [2.05, 4.69) is 10.2 Å². The van der Waals surface area contributed by atoms with Crippen LogP contribution < -0.4 is 0 Å². The van der Waals surface area contributed by atoms with Crippen LogP contribution in [-0.4, -0.2) is 90.3 Å². The molecule has 8 nitrogen and oxygen atoms in total. The molecule has 0 amide bonds. The topological polar surface area (TPSA) is 107 Å². The number of carbonyl (C=O) groups excluding carboxylic acids is 1. The van der Waals surface area contributed by atoms with Crippen LogP contribution in [0.5, 0.6) is 5.88 Å². The summed E-state index contributed by atoms with van der Waals surface area (Å²) in [6, 6.07) is 1.57. The van der Waals surface area contributed by atoms with Gasteiger partial charge in [0.15, 0.2) is 15.6 Å². The second-order valence-corrected chi connectivity index (χ2v) is 8.96. The van der Waals surface area contributed by atoms with E-state index >= 15 is 0 Å². The van der Waals surface area contributed by atoms with Crippen LogP contribution >= 0.6 is 0 Å². The number of aromatic nitrogens is 4. The Morgan fingerprint density at radius 1 is 1.28 bits per heavy atom. The normalized spacial score (nSPS) is 14.1. The molecule has 0 atom stereocenters. The van der Waals surface area contributed by atoms with Crippen molar-refractivity contribution < 1.29 is 18.3 Å². The average molecular weight is 441 g/mol. The van der Waals surface area contributed by atoms with Crippen molar-refractivity contribution in [2.24, 2.45) is 7.05 Å². The molecule has 1 N–H and O–H groups in total. The van der Waals surface area contributed by atoms with E-state index in [4.69, 9.17) is 0 Å². The molecule has 0 saturated carbocycles. The molecule has 1 aromatic carbocycles. The van der Waals surface area contributed by atoms with Gasteiger partial charge in [0, 0.05) is 36.5 Å². The third-order valence-corrected chi connectivity index (χ3v) is 6.96. The Balaban J connectivity index is 0.00000240. The molecule has 10 heteroatoms. The number of hydrogen-bond donors (Lipinski definition) is 1. The Labute approximate surface area is 211 Å². The zero-order chi connectivity index (χ0) is 20.4. The van der Waals surface area contributed by atoms with Crippen LogP contribution in [0.1, 0.15) is 39.5 Å². The summed E-state index contributed by atoms with van der Waals surface area (Å²) in [4.78, 5) is 13.4. The van der Waals surface area contributed by atoms with Crippen LogP contribution in [0.4, 0.5) is 0 Å². The van der Waals surface area contributed by atoms with Gasteiger partial charge in [-0.15, -0.1) is 0 Å². The SMILES string of the molecule is CCn1ncc(C(=O)c2cc(C)c3c(c2C)-c2nn(C)cc2CS3(=O)=O)c1O.[KH]. The summed E-state index contributed by atoms with van der Waals surface area (Å²) >= 11 is 0. The minimum atomic E-state index is -3.54. The molecule has 0 bridgehead atoms. The van der Waals surface area contributed by atoms with E-state index in [1.807, 2.05) is 6.92 Å². The summed E-state index contributed by atoms with van der Waals surface area (Å²) in [5.41, 5.74) is 3.09. The van der Waals surface area contributed by atoms with E-state index in [1.165, 1.54) is 10.9 Å². The maximum atomic E-state index is 13.1. The van der Waals surface area contributed by atoms with E-state index in [-0.39, 0.29) is 73.5 Å². The number of aryl methyl sites for hydroxylation is 3. The summed E-state index contributed by atoms with van der Waals surface area (Å²) < 4.78 is 28.7. The number of rotatable bonds is 3. The van der Waals surface area contributed by atoms with Gasteiger partial charge in [0.1, 0.15) is 5.56 Å². The van der Waals surface area contributed by atoms with Crippen molar-refractivity contribution in [2.45, 2.75) is 38.0 Å². The summed E-state index contributed by atoms with van der Waals surface area (Å²) in [5, 5.41) is 18.7. The summed E-state index contributed by atoms with van der Waals surface area (Å²) in [5.74, 6) is -0.713. The second kappa shape index (κ2) is 7.75.